The van der Waals surface area contributed by atoms with Crippen molar-refractivity contribution in [2.45, 2.75) is 6.04 Å². The van der Waals surface area contributed by atoms with Gasteiger partial charge in [0.05, 0.1) is 26.4 Å². The number of para-hydroxylation sites is 1. The van der Waals surface area contributed by atoms with Crippen LogP contribution in [0.3, 0.4) is 0 Å². The maximum absolute atomic E-state index is 12.9. The number of carbonyl (C=O) groups excluding carboxylic acids is 2. The number of urea groups is 1. The van der Waals surface area contributed by atoms with Crippen LogP contribution in [0, 0.1) is 0 Å². The maximum atomic E-state index is 12.9. The fourth-order valence-corrected chi connectivity index (χ4v) is 3.98. The summed E-state index contributed by atoms with van der Waals surface area (Å²) in [4.78, 5) is 27.4. The van der Waals surface area contributed by atoms with E-state index in [0.717, 1.165) is 24.4 Å². The lowest BCUT2D eigenvalue weighted by Gasteiger charge is -2.35. The second kappa shape index (κ2) is 12.0. The van der Waals surface area contributed by atoms with E-state index in [-0.39, 0.29) is 18.0 Å². The summed E-state index contributed by atoms with van der Waals surface area (Å²) in [5, 5.41) is 8.60. The van der Waals surface area contributed by atoms with Gasteiger partial charge in [0, 0.05) is 36.6 Å². The van der Waals surface area contributed by atoms with Gasteiger partial charge in [-0.05, 0) is 54.1 Å². The average Bonchev–Trinajstić information content (AvgIpc) is 2.90. The van der Waals surface area contributed by atoms with E-state index in [9.17, 15) is 9.59 Å². The van der Waals surface area contributed by atoms with E-state index in [4.69, 9.17) is 9.47 Å². The molecular formula is C27H30N4O4. The minimum Gasteiger partial charge on any atom is -0.497 e. The van der Waals surface area contributed by atoms with Crippen molar-refractivity contribution < 1.29 is 19.1 Å². The third-order valence-corrected chi connectivity index (χ3v) is 5.88. The van der Waals surface area contributed by atoms with Crippen molar-refractivity contribution in [1.29, 1.82) is 0 Å². The molecule has 3 aromatic carbocycles. The standard InChI is InChI=1S/C27H30N4O4/c1-34-24-13-9-20(10-14-24)25(31-15-17-35-18-16-31)19-28-26(32)21-7-11-23(12-8-21)30-27(33)29-22-5-3-2-4-6-22/h2-14,25H,15-19H2,1H3,(H,28,32)(H2,29,30,33)/t25-/m1/s1. The minimum absolute atomic E-state index is 0.0244. The molecule has 8 nitrogen and oxygen atoms in total. The predicted molar refractivity (Wildman–Crippen MR) is 136 cm³/mol. The van der Waals surface area contributed by atoms with Crippen molar-refractivity contribution in [2.24, 2.45) is 0 Å². The van der Waals surface area contributed by atoms with E-state index in [1.54, 1.807) is 31.4 Å². The van der Waals surface area contributed by atoms with Gasteiger partial charge in [-0.2, -0.15) is 0 Å². The van der Waals surface area contributed by atoms with Crippen LogP contribution < -0.4 is 20.7 Å². The molecule has 35 heavy (non-hydrogen) atoms. The number of morpholine rings is 1. The predicted octanol–water partition coefficient (Wildman–Crippen LogP) is 4.14. The summed E-state index contributed by atoms with van der Waals surface area (Å²) < 4.78 is 10.8. The molecule has 3 N–H and O–H groups in total. The van der Waals surface area contributed by atoms with Gasteiger partial charge in [-0.25, -0.2) is 4.79 Å². The number of anilines is 2. The Morgan fingerprint density at radius 2 is 1.51 bits per heavy atom. The zero-order valence-corrected chi connectivity index (χ0v) is 19.7. The van der Waals surface area contributed by atoms with Crippen molar-refractivity contribution in [2.75, 3.05) is 50.6 Å². The summed E-state index contributed by atoms with van der Waals surface area (Å²) in [6.45, 7) is 3.42. The molecule has 1 heterocycles. The highest BCUT2D eigenvalue weighted by Gasteiger charge is 2.23. The number of methoxy groups -OCH3 is 1. The van der Waals surface area contributed by atoms with E-state index in [2.05, 4.69) is 20.9 Å². The average molecular weight is 475 g/mol. The Labute approximate surface area is 205 Å². The second-order valence-corrected chi connectivity index (χ2v) is 8.17. The summed E-state index contributed by atoms with van der Waals surface area (Å²) in [6, 6.07) is 23.6. The van der Waals surface area contributed by atoms with Crippen LogP contribution in [-0.2, 0) is 4.74 Å². The van der Waals surface area contributed by atoms with E-state index < -0.39 is 0 Å². The zero-order valence-electron chi connectivity index (χ0n) is 19.7. The molecule has 1 fully saturated rings. The highest BCUT2D eigenvalue weighted by Crippen LogP contribution is 2.24. The van der Waals surface area contributed by atoms with Crippen LogP contribution in [0.15, 0.2) is 78.9 Å². The molecule has 0 saturated carbocycles. The molecule has 4 rings (SSSR count). The molecule has 1 aliphatic rings. The molecule has 0 unspecified atom stereocenters. The van der Waals surface area contributed by atoms with Crippen LogP contribution in [0.25, 0.3) is 0 Å². The van der Waals surface area contributed by atoms with Gasteiger partial charge in [-0.1, -0.05) is 30.3 Å². The summed E-state index contributed by atoms with van der Waals surface area (Å²) >= 11 is 0. The molecule has 0 bridgehead atoms. The van der Waals surface area contributed by atoms with Crippen molar-refractivity contribution >= 4 is 23.3 Å². The second-order valence-electron chi connectivity index (χ2n) is 8.17. The Balaban J connectivity index is 1.35. The number of benzene rings is 3. The first-order valence-corrected chi connectivity index (χ1v) is 11.6. The van der Waals surface area contributed by atoms with E-state index in [1.165, 1.54) is 0 Å². The normalized spacial score (nSPS) is 14.5. The Morgan fingerprint density at radius 3 is 2.14 bits per heavy atom. The largest absolute Gasteiger partial charge is 0.497 e. The van der Waals surface area contributed by atoms with E-state index in [1.807, 2.05) is 54.6 Å². The topological polar surface area (TPSA) is 91.9 Å². The molecule has 3 amide bonds. The number of ether oxygens (including phenoxy) is 2. The van der Waals surface area contributed by atoms with Crippen LogP contribution in [0.2, 0.25) is 0 Å². The van der Waals surface area contributed by atoms with Crippen molar-refractivity contribution in [3.05, 3.63) is 90.0 Å². The van der Waals surface area contributed by atoms with Gasteiger partial charge in [0.2, 0.25) is 0 Å². The number of amides is 3. The lowest BCUT2D eigenvalue weighted by atomic mass is 10.0. The number of hydrogen-bond donors (Lipinski definition) is 3. The summed E-state index contributed by atoms with van der Waals surface area (Å²) in [5.41, 5.74) is 2.93. The molecule has 1 atom stereocenters. The van der Waals surface area contributed by atoms with Gasteiger partial charge in [-0.3, -0.25) is 9.69 Å². The molecule has 1 saturated heterocycles. The molecule has 0 radical (unpaired) electrons. The van der Waals surface area contributed by atoms with Gasteiger partial charge in [0.15, 0.2) is 0 Å². The van der Waals surface area contributed by atoms with Crippen LogP contribution in [0.5, 0.6) is 5.75 Å². The van der Waals surface area contributed by atoms with Gasteiger partial charge < -0.3 is 25.4 Å². The lowest BCUT2D eigenvalue weighted by Crippen LogP contribution is -2.43. The first-order valence-electron chi connectivity index (χ1n) is 11.6. The maximum Gasteiger partial charge on any atom is 0.323 e. The fourth-order valence-electron chi connectivity index (χ4n) is 3.98. The number of nitrogens with zero attached hydrogens (tertiary/aromatic N) is 1. The SMILES string of the molecule is COc1ccc([C@@H](CNC(=O)c2ccc(NC(=O)Nc3ccccc3)cc2)N2CCOCC2)cc1. The quantitative estimate of drug-likeness (QED) is 0.456. The lowest BCUT2D eigenvalue weighted by molar-refractivity contribution is 0.0162. The zero-order chi connectivity index (χ0) is 24.5. The van der Waals surface area contributed by atoms with Crippen molar-refractivity contribution in [3.63, 3.8) is 0 Å². The third-order valence-electron chi connectivity index (χ3n) is 5.88. The monoisotopic (exact) mass is 474 g/mol. The summed E-state index contributed by atoms with van der Waals surface area (Å²) in [7, 11) is 1.64. The minimum atomic E-state index is -0.346. The Hall–Kier alpha value is -3.88. The Bertz CT molecular complexity index is 1100. The highest BCUT2D eigenvalue weighted by atomic mass is 16.5. The third kappa shape index (κ3) is 6.81. The highest BCUT2D eigenvalue weighted by molar-refractivity contribution is 6.00. The van der Waals surface area contributed by atoms with Crippen molar-refractivity contribution in [1.82, 2.24) is 10.2 Å². The molecule has 182 valence electrons. The van der Waals surface area contributed by atoms with Crippen LogP contribution >= 0.6 is 0 Å². The van der Waals surface area contributed by atoms with E-state index >= 15 is 0 Å². The number of hydrogen-bond acceptors (Lipinski definition) is 5. The van der Waals surface area contributed by atoms with Gasteiger partial charge in [0.25, 0.3) is 5.91 Å². The first kappa shape index (κ1) is 24.3. The van der Waals surface area contributed by atoms with Crippen LogP contribution in [0.4, 0.5) is 16.2 Å². The fraction of sp³-hybridized carbons (Fsp3) is 0.259. The van der Waals surface area contributed by atoms with Gasteiger partial charge in [0.1, 0.15) is 5.75 Å². The van der Waals surface area contributed by atoms with Crippen LogP contribution in [0.1, 0.15) is 22.0 Å². The molecule has 1 aliphatic heterocycles. The molecular weight excluding hydrogens is 444 g/mol. The Kier molecular flexibility index (Phi) is 8.32. The molecule has 3 aromatic rings. The molecule has 0 spiro atoms. The summed E-state index contributed by atoms with van der Waals surface area (Å²) in [6.07, 6.45) is 0. The number of rotatable bonds is 8. The molecule has 0 aliphatic carbocycles. The van der Waals surface area contributed by atoms with Gasteiger partial charge >= 0.3 is 6.03 Å². The summed E-state index contributed by atoms with van der Waals surface area (Å²) in [5.74, 6) is 0.627. The van der Waals surface area contributed by atoms with E-state index in [0.29, 0.717) is 36.7 Å². The number of nitrogens with one attached hydrogen (secondary N) is 3. The van der Waals surface area contributed by atoms with Crippen molar-refractivity contribution in [3.8, 4) is 5.75 Å². The Morgan fingerprint density at radius 1 is 0.886 bits per heavy atom. The van der Waals surface area contributed by atoms with Gasteiger partial charge in [-0.15, -0.1) is 0 Å². The van der Waals surface area contributed by atoms with Crippen LogP contribution in [-0.4, -0.2) is 56.8 Å². The molecule has 0 aromatic heterocycles. The molecule has 8 heteroatoms. The first-order chi connectivity index (χ1) is 17.1. The number of carbonyl (C=O) groups is 2. The smallest absolute Gasteiger partial charge is 0.323 e.